The standard InChI is InChI=1S/C26H19ClN2O5S/c1-33-17-5-3-4-15(12-17)22-21(23(30)14-6-8-16(27)9-7-14)24(31)25(32)29(22)26-28-19-11-10-18(34-2)13-20(19)35-26/h3-13,22,30H,1-2H3/b23-21+. The zero-order chi connectivity index (χ0) is 24.7. The first-order chi connectivity index (χ1) is 16.9. The summed E-state index contributed by atoms with van der Waals surface area (Å²) in [7, 11) is 3.10. The molecule has 1 aromatic heterocycles. The second kappa shape index (κ2) is 9.05. The van der Waals surface area contributed by atoms with Crippen molar-refractivity contribution in [1.82, 2.24) is 4.98 Å². The van der Waals surface area contributed by atoms with E-state index in [1.54, 1.807) is 67.8 Å². The third kappa shape index (κ3) is 4.00. The van der Waals surface area contributed by atoms with E-state index in [9.17, 15) is 14.7 Å². The van der Waals surface area contributed by atoms with Crippen LogP contribution >= 0.6 is 22.9 Å². The SMILES string of the molecule is COc1cccc(C2/C(=C(\O)c3ccc(Cl)cc3)C(=O)C(=O)N2c2nc3ccc(OC)cc3s2)c1. The summed E-state index contributed by atoms with van der Waals surface area (Å²) in [4.78, 5) is 32.6. The number of anilines is 1. The molecule has 0 aliphatic carbocycles. The summed E-state index contributed by atoms with van der Waals surface area (Å²) < 4.78 is 11.5. The van der Waals surface area contributed by atoms with E-state index >= 15 is 0 Å². The summed E-state index contributed by atoms with van der Waals surface area (Å²) >= 11 is 7.25. The van der Waals surface area contributed by atoms with Crippen molar-refractivity contribution in [3.05, 3.63) is 88.5 Å². The summed E-state index contributed by atoms with van der Waals surface area (Å²) in [6.07, 6.45) is 0. The van der Waals surface area contributed by atoms with Crippen LogP contribution in [-0.2, 0) is 9.59 Å². The van der Waals surface area contributed by atoms with Crippen molar-refractivity contribution in [3.8, 4) is 11.5 Å². The fourth-order valence-corrected chi connectivity index (χ4v) is 5.19. The van der Waals surface area contributed by atoms with Gasteiger partial charge in [-0.1, -0.05) is 35.1 Å². The van der Waals surface area contributed by atoms with Crippen LogP contribution in [0.3, 0.4) is 0 Å². The van der Waals surface area contributed by atoms with Crippen molar-refractivity contribution in [2.24, 2.45) is 0 Å². The number of benzene rings is 3. The molecule has 7 nitrogen and oxygen atoms in total. The first-order valence-corrected chi connectivity index (χ1v) is 11.8. The van der Waals surface area contributed by atoms with Gasteiger partial charge in [-0.3, -0.25) is 14.5 Å². The summed E-state index contributed by atoms with van der Waals surface area (Å²) in [6.45, 7) is 0. The minimum atomic E-state index is -0.914. The molecule has 1 fully saturated rings. The van der Waals surface area contributed by atoms with Gasteiger partial charge in [0.2, 0.25) is 0 Å². The highest BCUT2D eigenvalue weighted by molar-refractivity contribution is 7.22. The van der Waals surface area contributed by atoms with Crippen molar-refractivity contribution in [2.75, 3.05) is 19.1 Å². The molecule has 1 N–H and O–H groups in total. The van der Waals surface area contributed by atoms with Crippen LogP contribution in [0.4, 0.5) is 5.13 Å². The molecule has 4 aromatic rings. The molecule has 2 heterocycles. The summed E-state index contributed by atoms with van der Waals surface area (Å²) in [5, 5.41) is 12.0. The van der Waals surface area contributed by atoms with Crippen LogP contribution in [0.2, 0.25) is 5.02 Å². The number of amides is 1. The molecule has 35 heavy (non-hydrogen) atoms. The predicted octanol–water partition coefficient (Wildman–Crippen LogP) is 5.59. The number of aromatic nitrogens is 1. The highest BCUT2D eigenvalue weighted by atomic mass is 35.5. The Morgan fingerprint density at radius 1 is 1.00 bits per heavy atom. The van der Waals surface area contributed by atoms with Crippen molar-refractivity contribution < 1.29 is 24.2 Å². The van der Waals surface area contributed by atoms with Gasteiger partial charge < -0.3 is 14.6 Å². The average molecular weight is 507 g/mol. The minimum absolute atomic E-state index is 0.0394. The minimum Gasteiger partial charge on any atom is -0.507 e. The Kier molecular flexibility index (Phi) is 5.92. The molecule has 176 valence electrons. The quantitative estimate of drug-likeness (QED) is 0.215. The number of halogens is 1. The van der Waals surface area contributed by atoms with Crippen LogP contribution in [0.5, 0.6) is 11.5 Å². The number of Topliss-reactive ketones (excluding diaryl/α,β-unsaturated/α-hetero) is 1. The lowest BCUT2D eigenvalue weighted by Crippen LogP contribution is -2.29. The van der Waals surface area contributed by atoms with Gasteiger partial charge in [0.05, 0.1) is 36.1 Å². The molecule has 1 aliphatic rings. The van der Waals surface area contributed by atoms with Crippen LogP contribution in [0.25, 0.3) is 16.0 Å². The van der Waals surface area contributed by atoms with Crippen LogP contribution in [0.15, 0.2) is 72.3 Å². The second-order valence-electron chi connectivity index (χ2n) is 7.78. The first-order valence-electron chi connectivity index (χ1n) is 10.6. The Morgan fingerprint density at radius 3 is 2.43 bits per heavy atom. The molecule has 0 bridgehead atoms. The maximum atomic E-state index is 13.4. The van der Waals surface area contributed by atoms with E-state index in [1.165, 1.54) is 23.3 Å². The van der Waals surface area contributed by atoms with E-state index < -0.39 is 17.7 Å². The Balaban J connectivity index is 1.72. The van der Waals surface area contributed by atoms with Gasteiger partial charge in [-0.2, -0.15) is 0 Å². The molecule has 1 aliphatic heterocycles. The zero-order valence-corrected chi connectivity index (χ0v) is 20.3. The van der Waals surface area contributed by atoms with E-state index in [0.717, 1.165) is 4.70 Å². The zero-order valence-electron chi connectivity index (χ0n) is 18.7. The molecule has 9 heteroatoms. The molecule has 5 rings (SSSR count). The van der Waals surface area contributed by atoms with E-state index in [2.05, 4.69) is 4.98 Å². The normalized spacial score (nSPS) is 17.2. The highest BCUT2D eigenvalue weighted by Gasteiger charge is 2.48. The van der Waals surface area contributed by atoms with Crippen LogP contribution < -0.4 is 14.4 Å². The number of ketones is 1. The van der Waals surface area contributed by atoms with Crippen molar-refractivity contribution >= 4 is 55.7 Å². The van der Waals surface area contributed by atoms with Gasteiger partial charge in [-0.05, 0) is 60.2 Å². The van der Waals surface area contributed by atoms with Crippen LogP contribution in [-0.4, -0.2) is 36.0 Å². The van der Waals surface area contributed by atoms with Gasteiger partial charge >= 0.3 is 5.91 Å². The molecule has 0 radical (unpaired) electrons. The predicted molar refractivity (Wildman–Crippen MR) is 135 cm³/mol. The number of ether oxygens (including phenoxy) is 2. The van der Waals surface area contributed by atoms with Crippen molar-refractivity contribution in [2.45, 2.75) is 6.04 Å². The number of aliphatic hydroxyl groups excluding tert-OH is 1. The summed E-state index contributed by atoms with van der Waals surface area (Å²) in [5.41, 5.74) is 1.59. The summed E-state index contributed by atoms with van der Waals surface area (Å²) in [5.74, 6) is -0.671. The number of thiazole rings is 1. The molecule has 1 unspecified atom stereocenters. The molecule has 1 atom stereocenters. The smallest absolute Gasteiger partial charge is 0.301 e. The fourth-order valence-electron chi connectivity index (χ4n) is 4.04. The lowest BCUT2D eigenvalue weighted by Gasteiger charge is -2.23. The van der Waals surface area contributed by atoms with Crippen molar-refractivity contribution in [1.29, 1.82) is 0 Å². The van der Waals surface area contributed by atoms with E-state index in [-0.39, 0.29) is 11.3 Å². The molecule has 0 spiro atoms. The molecule has 3 aromatic carbocycles. The Labute approximate surface area is 209 Å². The largest absolute Gasteiger partial charge is 0.507 e. The third-order valence-corrected chi connectivity index (χ3v) is 7.03. The van der Waals surface area contributed by atoms with Gasteiger partial charge in [-0.15, -0.1) is 0 Å². The third-order valence-electron chi connectivity index (χ3n) is 5.76. The molecular weight excluding hydrogens is 488 g/mol. The fraction of sp³-hybridized carbons (Fsp3) is 0.115. The number of methoxy groups -OCH3 is 2. The van der Waals surface area contributed by atoms with Gasteiger partial charge in [-0.25, -0.2) is 4.98 Å². The number of carbonyl (C=O) groups is 2. The Hall–Kier alpha value is -3.88. The molecule has 1 amide bonds. The maximum Gasteiger partial charge on any atom is 0.301 e. The Morgan fingerprint density at radius 2 is 1.71 bits per heavy atom. The van der Waals surface area contributed by atoms with E-state index in [4.69, 9.17) is 21.1 Å². The molecular formula is C26H19ClN2O5S. The van der Waals surface area contributed by atoms with Gasteiger partial charge in [0.25, 0.3) is 5.78 Å². The van der Waals surface area contributed by atoms with Gasteiger partial charge in [0.15, 0.2) is 5.13 Å². The molecule has 0 saturated carbocycles. The lowest BCUT2D eigenvalue weighted by atomic mass is 9.95. The first kappa shape index (κ1) is 22.9. The lowest BCUT2D eigenvalue weighted by molar-refractivity contribution is -0.132. The molecule has 1 saturated heterocycles. The van der Waals surface area contributed by atoms with Gasteiger partial charge in [0.1, 0.15) is 17.3 Å². The highest BCUT2D eigenvalue weighted by Crippen LogP contribution is 2.45. The maximum absolute atomic E-state index is 13.4. The van der Waals surface area contributed by atoms with E-state index in [1.807, 2.05) is 6.07 Å². The number of nitrogens with zero attached hydrogens (tertiary/aromatic N) is 2. The number of hydrogen-bond acceptors (Lipinski definition) is 7. The van der Waals surface area contributed by atoms with Crippen LogP contribution in [0, 0.1) is 0 Å². The summed E-state index contributed by atoms with van der Waals surface area (Å²) in [6, 6.07) is 17.9. The number of hydrogen-bond donors (Lipinski definition) is 1. The average Bonchev–Trinajstić information content (AvgIpc) is 3.41. The van der Waals surface area contributed by atoms with Crippen molar-refractivity contribution in [3.63, 3.8) is 0 Å². The van der Waals surface area contributed by atoms with Crippen LogP contribution in [0.1, 0.15) is 17.2 Å². The van der Waals surface area contributed by atoms with Gasteiger partial charge in [0, 0.05) is 10.6 Å². The number of rotatable bonds is 5. The topological polar surface area (TPSA) is 89.0 Å². The number of carbonyl (C=O) groups excluding carboxylic acids is 2. The number of fused-ring (bicyclic) bond motifs is 1. The Bertz CT molecular complexity index is 1500. The van der Waals surface area contributed by atoms with E-state index in [0.29, 0.717) is 38.3 Å². The second-order valence-corrected chi connectivity index (χ2v) is 9.23. The number of aliphatic hydroxyl groups is 1. The monoisotopic (exact) mass is 506 g/mol.